The van der Waals surface area contributed by atoms with Crippen LogP contribution in [-0.2, 0) is 0 Å². The first kappa shape index (κ1) is 14.5. The second-order valence-corrected chi connectivity index (χ2v) is 5.69. The second kappa shape index (κ2) is 6.47. The molecule has 0 heterocycles. The number of nitriles is 2. The molecule has 0 aliphatic rings. The number of rotatable bonds is 3. The maximum absolute atomic E-state index is 9.31. The minimum atomic E-state index is 0.534. The highest BCUT2D eigenvalue weighted by atomic mass is 79.9. The monoisotopic (exact) mass is 343 g/mol. The first-order valence-corrected chi connectivity index (χ1v) is 7.75. The molecule has 0 bridgehead atoms. The predicted octanol–water partition coefficient (Wildman–Crippen LogP) is 4.66. The largest absolute Gasteiger partial charge is 0.353 e. The lowest BCUT2D eigenvalue weighted by Crippen LogP contribution is -1.97. The van der Waals surface area contributed by atoms with E-state index < -0.39 is 0 Å². The zero-order valence-corrected chi connectivity index (χ0v) is 13.0. The molecule has 0 amide bonds. The summed E-state index contributed by atoms with van der Waals surface area (Å²) in [4.78, 5) is 0.908. The Labute approximate surface area is 130 Å². The van der Waals surface area contributed by atoms with E-state index in [4.69, 9.17) is 5.26 Å². The number of anilines is 2. The van der Waals surface area contributed by atoms with Crippen molar-refractivity contribution in [2.24, 2.45) is 0 Å². The van der Waals surface area contributed by atoms with Crippen molar-refractivity contribution in [1.82, 2.24) is 0 Å². The van der Waals surface area contributed by atoms with Gasteiger partial charge in [-0.1, -0.05) is 22.0 Å². The molecule has 98 valence electrons. The highest BCUT2D eigenvalue weighted by Gasteiger charge is 2.10. The van der Waals surface area contributed by atoms with Crippen LogP contribution in [0.2, 0.25) is 0 Å². The minimum Gasteiger partial charge on any atom is -0.353 e. The van der Waals surface area contributed by atoms with Crippen molar-refractivity contribution in [3.63, 3.8) is 0 Å². The van der Waals surface area contributed by atoms with Crippen LogP contribution >= 0.6 is 27.7 Å². The Kier molecular flexibility index (Phi) is 4.68. The molecule has 0 radical (unpaired) electrons. The average molecular weight is 344 g/mol. The number of halogens is 1. The van der Waals surface area contributed by atoms with Crippen molar-refractivity contribution < 1.29 is 0 Å². The topological polar surface area (TPSA) is 59.6 Å². The van der Waals surface area contributed by atoms with Gasteiger partial charge in [0.25, 0.3) is 0 Å². The zero-order valence-electron chi connectivity index (χ0n) is 10.6. The zero-order chi connectivity index (χ0) is 14.5. The number of nitrogens with one attached hydrogen (secondary N) is 1. The van der Waals surface area contributed by atoms with Gasteiger partial charge in [0, 0.05) is 9.37 Å². The summed E-state index contributed by atoms with van der Waals surface area (Å²) in [6.45, 7) is 0. The van der Waals surface area contributed by atoms with Gasteiger partial charge in [0.15, 0.2) is 0 Å². The van der Waals surface area contributed by atoms with Crippen molar-refractivity contribution in [2.45, 2.75) is 4.90 Å². The third kappa shape index (κ3) is 2.96. The van der Waals surface area contributed by atoms with Crippen LogP contribution in [0.4, 0.5) is 11.4 Å². The van der Waals surface area contributed by atoms with Crippen molar-refractivity contribution >= 4 is 39.1 Å². The quantitative estimate of drug-likeness (QED) is 0.823. The lowest BCUT2D eigenvalue weighted by molar-refractivity contribution is 1.35. The van der Waals surface area contributed by atoms with Gasteiger partial charge in [-0.15, -0.1) is 11.8 Å². The fourth-order valence-corrected chi connectivity index (χ4v) is 2.72. The molecule has 0 fully saturated rings. The highest BCUT2D eigenvalue weighted by molar-refractivity contribution is 9.10. The summed E-state index contributed by atoms with van der Waals surface area (Å²) >= 11 is 4.91. The number of hydrogen-bond acceptors (Lipinski definition) is 4. The molecule has 5 heteroatoms. The molecule has 3 nitrogen and oxygen atoms in total. The average Bonchev–Trinajstić information content (AvgIpc) is 2.47. The molecule has 0 aliphatic carbocycles. The summed E-state index contributed by atoms with van der Waals surface area (Å²) in [6, 6.07) is 15.3. The molecule has 0 aliphatic heterocycles. The molecular formula is C15H10BrN3S. The van der Waals surface area contributed by atoms with Gasteiger partial charge in [-0.05, 0) is 36.6 Å². The van der Waals surface area contributed by atoms with Crippen molar-refractivity contribution in [1.29, 1.82) is 10.5 Å². The first-order chi connectivity index (χ1) is 9.69. The van der Waals surface area contributed by atoms with Gasteiger partial charge in [0.1, 0.15) is 12.1 Å². The Hall–Kier alpha value is -1.95. The Morgan fingerprint density at radius 3 is 2.55 bits per heavy atom. The van der Waals surface area contributed by atoms with Crippen LogP contribution in [0.25, 0.3) is 0 Å². The van der Waals surface area contributed by atoms with Crippen molar-refractivity contribution in [3.8, 4) is 12.1 Å². The van der Waals surface area contributed by atoms with Crippen LogP contribution in [0.3, 0.4) is 0 Å². The fourth-order valence-electron chi connectivity index (χ4n) is 1.78. The summed E-state index contributed by atoms with van der Waals surface area (Å²) < 4.78 is 0.874. The van der Waals surface area contributed by atoms with E-state index in [9.17, 15) is 5.26 Å². The molecule has 0 atom stereocenters. The molecule has 2 aromatic rings. The molecule has 1 N–H and O–H groups in total. The van der Waals surface area contributed by atoms with Crippen molar-refractivity contribution in [2.75, 3.05) is 11.6 Å². The number of thioether (sulfide) groups is 1. The Morgan fingerprint density at radius 2 is 1.90 bits per heavy atom. The van der Waals surface area contributed by atoms with Gasteiger partial charge in [-0.25, -0.2) is 0 Å². The summed E-state index contributed by atoms with van der Waals surface area (Å²) in [7, 11) is 0. The van der Waals surface area contributed by atoms with Gasteiger partial charge >= 0.3 is 0 Å². The molecule has 2 rings (SSSR count). The molecule has 0 unspecified atom stereocenters. The molecule has 0 spiro atoms. The Bertz CT molecular complexity index is 729. The molecule has 2 aromatic carbocycles. The molecule has 0 saturated carbocycles. The number of nitrogens with zero attached hydrogens (tertiary/aromatic N) is 2. The van der Waals surface area contributed by atoms with Crippen LogP contribution in [-0.4, -0.2) is 6.26 Å². The lowest BCUT2D eigenvalue weighted by atomic mass is 10.1. The van der Waals surface area contributed by atoms with E-state index in [1.165, 1.54) is 11.8 Å². The highest BCUT2D eigenvalue weighted by Crippen LogP contribution is 2.30. The summed E-state index contributed by atoms with van der Waals surface area (Å²) in [5.74, 6) is 0. The minimum absolute atomic E-state index is 0.534. The Morgan fingerprint density at radius 1 is 1.10 bits per heavy atom. The third-order valence-electron chi connectivity index (χ3n) is 2.73. The van der Waals surface area contributed by atoms with E-state index in [1.807, 2.05) is 36.6 Å². The van der Waals surface area contributed by atoms with Crippen LogP contribution in [0.1, 0.15) is 11.1 Å². The van der Waals surface area contributed by atoms with E-state index in [0.29, 0.717) is 22.5 Å². The van der Waals surface area contributed by atoms with Gasteiger partial charge in [0.05, 0.1) is 22.5 Å². The maximum atomic E-state index is 9.31. The molecular weight excluding hydrogens is 334 g/mol. The third-order valence-corrected chi connectivity index (χ3v) is 4.00. The summed E-state index contributed by atoms with van der Waals surface area (Å²) in [5, 5.41) is 21.6. The molecule has 20 heavy (non-hydrogen) atoms. The maximum Gasteiger partial charge on any atom is 0.103 e. The van der Waals surface area contributed by atoms with Crippen LogP contribution < -0.4 is 5.32 Å². The number of hydrogen-bond donors (Lipinski definition) is 1. The molecule has 0 saturated heterocycles. The predicted molar refractivity (Wildman–Crippen MR) is 85.1 cm³/mol. The normalized spacial score (nSPS) is 9.60. The van der Waals surface area contributed by atoms with Gasteiger partial charge in [-0.2, -0.15) is 10.5 Å². The van der Waals surface area contributed by atoms with Crippen LogP contribution in [0.15, 0.2) is 45.8 Å². The second-order valence-electron chi connectivity index (χ2n) is 3.92. The summed E-state index contributed by atoms with van der Waals surface area (Å²) in [6.07, 6.45) is 1.93. The van der Waals surface area contributed by atoms with E-state index >= 15 is 0 Å². The fraction of sp³-hybridized carbons (Fsp3) is 0.0667. The SMILES string of the molecule is CSc1cccc(Nc2cc(Br)ccc2C#N)c1C#N. The standard InChI is InChI=1S/C15H10BrN3S/c1-20-15-4-2-3-13(12(15)9-18)19-14-7-11(16)6-5-10(14)8-17/h2-7,19H,1H3. The van der Waals surface area contributed by atoms with Crippen molar-refractivity contribution in [3.05, 3.63) is 52.0 Å². The van der Waals surface area contributed by atoms with E-state index in [2.05, 4.69) is 33.4 Å². The van der Waals surface area contributed by atoms with Gasteiger partial charge < -0.3 is 5.32 Å². The Balaban J connectivity index is 2.49. The number of benzene rings is 2. The van der Waals surface area contributed by atoms with Gasteiger partial charge in [-0.3, -0.25) is 0 Å². The molecule has 0 aromatic heterocycles. The first-order valence-electron chi connectivity index (χ1n) is 5.73. The van der Waals surface area contributed by atoms with E-state index in [-0.39, 0.29) is 0 Å². The van der Waals surface area contributed by atoms with E-state index in [0.717, 1.165) is 9.37 Å². The smallest absolute Gasteiger partial charge is 0.103 e. The van der Waals surface area contributed by atoms with Crippen LogP contribution in [0, 0.1) is 22.7 Å². The van der Waals surface area contributed by atoms with Gasteiger partial charge in [0.2, 0.25) is 0 Å². The summed E-state index contributed by atoms with van der Waals surface area (Å²) in [5.41, 5.74) is 2.50. The lowest BCUT2D eigenvalue weighted by Gasteiger charge is -2.12. The van der Waals surface area contributed by atoms with Crippen LogP contribution in [0.5, 0.6) is 0 Å². The van der Waals surface area contributed by atoms with E-state index in [1.54, 1.807) is 6.07 Å².